The molecule has 0 saturated carbocycles. The van der Waals surface area contributed by atoms with Crippen molar-refractivity contribution in [3.63, 3.8) is 0 Å². The molecule has 5 nitrogen and oxygen atoms in total. The smallest absolute Gasteiger partial charge is 0.253 e. The Morgan fingerprint density at radius 2 is 1.43 bits per heavy atom. The van der Waals surface area contributed by atoms with Crippen LogP contribution in [0.2, 0.25) is 0 Å². The van der Waals surface area contributed by atoms with Crippen LogP contribution in [0.4, 0.5) is 10.1 Å². The van der Waals surface area contributed by atoms with Crippen molar-refractivity contribution in [1.29, 1.82) is 0 Å². The van der Waals surface area contributed by atoms with Crippen molar-refractivity contribution in [3.8, 4) is 0 Å². The molecule has 5 rings (SSSR count). The number of hydrogen-bond acceptors (Lipinski definition) is 3. The lowest BCUT2D eigenvalue weighted by atomic mass is 9.88. The van der Waals surface area contributed by atoms with Gasteiger partial charge in [-0.3, -0.25) is 9.59 Å². The van der Waals surface area contributed by atoms with Crippen LogP contribution in [-0.2, 0) is 4.79 Å². The summed E-state index contributed by atoms with van der Waals surface area (Å²) in [4.78, 5) is 33.0. The molecule has 0 radical (unpaired) electrons. The number of carbonyl (C=O) groups is 2. The molecular weight excluding hydrogens is 441 g/mol. The van der Waals surface area contributed by atoms with Crippen LogP contribution in [0.5, 0.6) is 0 Å². The minimum absolute atomic E-state index is 0.0671. The van der Waals surface area contributed by atoms with Crippen LogP contribution < -0.4 is 4.90 Å². The first kappa shape index (κ1) is 23.1. The van der Waals surface area contributed by atoms with E-state index in [1.807, 2.05) is 41.3 Å². The zero-order chi connectivity index (χ0) is 24.4. The Hall–Kier alpha value is -3.67. The number of benzene rings is 3. The van der Waals surface area contributed by atoms with E-state index in [-0.39, 0.29) is 29.5 Å². The minimum Gasteiger partial charge on any atom is -0.368 e. The van der Waals surface area contributed by atoms with E-state index in [1.54, 1.807) is 4.90 Å². The van der Waals surface area contributed by atoms with Crippen molar-refractivity contribution in [2.45, 2.75) is 12.8 Å². The summed E-state index contributed by atoms with van der Waals surface area (Å²) in [6.07, 6.45) is 0. The van der Waals surface area contributed by atoms with E-state index in [0.717, 1.165) is 18.7 Å². The summed E-state index contributed by atoms with van der Waals surface area (Å²) in [6.45, 7) is 5.86. The fourth-order valence-corrected chi connectivity index (χ4v) is 5.35. The normalized spacial score (nSPS) is 20.2. The van der Waals surface area contributed by atoms with Crippen molar-refractivity contribution < 1.29 is 14.0 Å². The maximum absolute atomic E-state index is 13.8. The number of anilines is 1. The van der Waals surface area contributed by atoms with Gasteiger partial charge in [0.15, 0.2) is 0 Å². The average Bonchev–Trinajstić information content (AvgIpc) is 3.35. The van der Waals surface area contributed by atoms with Crippen LogP contribution in [0.3, 0.4) is 0 Å². The number of carbonyl (C=O) groups excluding carboxylic acids is 2. The maximum Gasteiger partial charge on any atom is 0.253 e. The molecule has 0 N–H and O–H groups in total. The van der Waals surface area contributed by atoms with Crippen LogP contribution in [0.25, 0.3) is 0 Å². The molecule has 180 valence electrons. The fraction of sp³-hybridized carbons (Fsp3) is 0.310. The van der Waals surface area contributed by atoms with Gasteiger partial charge in [0.2, 0.25) is 5.91 Å². The number of piperazine rings is 1. The van der Waals surface area contributed by atoms with Gasteiger partial charge in [-0.15, -0.1) is 0 Å². The largest absolute Gasteiger partial charge is 0.368 e. The van der Waals surface area contributed by atoms with Gasteiger partial charge in [0.1, 0.15) is 5.82 Å². The Morgan fingerprint density at radius 3 is 2.11 bits per heavy atom. The predicted molar refractivity (Wildman–Crippen MR) is 135 cm³/mol. The highest BCUT2D eigenvalue weighted by molar-refractivity contribution is 5.95. The molecule has 35 heavy (non-hydrogen) atoms. The number of amides is 2. The lowest BCUT2D eigenvalue weighted by Gasteiger charge is -2.38. The molecule has 6 heteroatoms. The highest BCUT2D eigenvalue weighted by Gasteiger charge is 2.42. The number of halogens is 1. The molecule has 3 aromatic carbocycles. The van der Waals surface area contributed by atoms with Gasteiger partial charge in [0.05, 0.1) is 5.92 Å². The van der Waals surface area contributed by atoms with Crippen molar-refractivity contribution in [3.05, 3.63) is 101 Å². The van der Waals surface area contributed by atoms with E-state index < -0.39 is 0 Å². The lowest BCUT2D eigenvalue weighted by molar-refractivity contribution is -0.135. The molecule has 2 unspecified atom stereocenters. The molecule has 2 saturated heterocycles. The summed E-state index contributed by atoms with van der Waals surface area (Å²) >= 11 is 0. The van der Waals surface area contributed by atoms with Crippen molar-refractivity contribution in [1.82, 2.24) is 9.80 Å². The van der Waals surface area contributed by atoms with E-state index in [4.69, 9.17) is 0 Å². The second kappa shape index (κ2) is 9.90. The number of likely N-dealkylation sites (tertiary alicyclic amines) is 1. The maximum atomic E-state index is 13.8. The third kappa shape index (κ3) is 4.78. The standard InChI is InChI=1S/C29H30FN3O2/c1-21-7-5-6-10-27(21)31-15-17-32(18-16-31)29(35)26-20-33(19-25(26)22-8-3-2-4-9-22)28(34)23-11-13-24(30)14-12-23/h2-14,25-26H,15-20H2,1H3. The lowest BCUT2D eigenvalue weighted by Crippen LogP contribution is -2.51. The van der Waals surface area contributed by atoms with Crippen molar-refractivity contribution in [2.75, 3.05) is 44.2 Å². The first-order valence-corrected chi connectivity index (χ1v) is 12.2. The molecule has 2 amide bonds. The van der Waals surface area contributed by atoms with Gasteiger partial charge in [0.25, 0.3) is 5.91 Å². The molecule has 2 fully saturated rings. The van der Waals surface area contributed by atoms with Gasteiger partial charge >= 0.3 is 0 Å². The van der Waals surface area contributed by atoms with E-state index >= 15 is 0 Å². The summed E-state index contributed by atoms with van der Waals surface area (Å²) < 4.78 is 13.4. The molecule has 2 heterocycles. The Labute approximate surface area is 205 Å². The first-order valence-electron chi connectivity index (χ1n) is 12.2. The van der Waals surface area contributed by atoms with E-state index in [2.05, 4.69) is 30.0 Å². The highest BCUT2D eigenvalue weighted by atomic mass is 19.1. The Kier molecular flexibility index (Phi) is 6.53. The first-order chi connectivity index (χ1) is 17.0. The molecular formula is C29H30FN3O2. The molecule has 2 atom stereocenters. The molecule has 2 aliphatic heterocycles. The molecule has 0 aromatic heterocycles. The van der Waals surface area contributed by atoms with Gasteiger partial charge in [-0.25, -0.2) is 4.39 Å². The number of para-hydroxylation sites is 1. The fourth-order valence-electron chi connectivity index (χ4n) is 5.35. The molecule has 0 aliphatic carbocycles. The quantitative estimate of drug-likeness (QED) is 0.569. The monoisotopic (exact) mass is 471 g/mol. The van der Waals surface area contributed by atoms with Crippen LogP contribution in [-0.4, -0.2) is 60.9 Å². The second-order valence-corrected chi connectivity index (χ2v) is 9.44. The zero-order valence-electron chi connectivity index (χ0n) is 19.9. The van der Waals surface area contributed by atoms with Gasteiger partial charge in [0, 0.05) is 56.4 Å². The minimum atomic E-state index is -0.372. The van der Waals surface area contributed by atoms with Crippen LogP contribution in [0.15, 0.2) is 78.9 Å². The third-order valence-corrected chi connectivity index (χ3v) is 7.29. The summed E-state index contributed by atoms with van der Waals surface area (Å²) in [5, 5.41) is 0. The summed E-state index contributed by atoms with van der Waals surface area (Å²) in [5.74, 6) is -0.791. The molecule has 0 spiro atoms. The topological polar surface area (TPSA) is 43.9 Å². The van der Waals surface area contributed by atoms with Gasteiger partial charge < -0.3 is 14.7 Å². The van der Waals surface area contributed by atoms with Gasteiger partial charge in [-0.1, -0.05) is 48.5 Å². The molecule has 3 aromatic rings. The van der Waals surface area contributed by atoms with Gasteiger partial charge in [-0.05, 0) is 48.4 Å². The Bertz CT molecular complexity index is 1190. The number of hydrogen-bond donors (Lipinski definition) is 0. The number of nitrogens with zero attached hydrogens (tertiary/aromatic N) is 3. The Morgan fingerprint density at radius 1 is 0.771 bits per heavy atom. The summed E-state index contributed by atoms with van der Waals surface area (Å²) in [7, 11) is 0. The third-order valence-electron chi connectivity index (χ3n) is 7.29. The second-order valence-electron chi connectivity index (χ2n) is 9.44. The van der Waals surface area contributed by atoms with Crippen LogP contribution in [0, 0.1) is 18.7 Å². The average molecular weight is 472 g/mol. The SMILES string of the molecule is Cc1ccccc1N1CCN(C(=O)C2CN(C(=O)c3ccc(F)cc3)CC2c2ccccc2)CC1. The van der Waals surface area contributed by atoms with E-state index in [9.17, 15) is 14.0 Å². The van der Waals surface area contributed by atoms with Crippen LogP contribution >= 0.6 is 0 Å². The highest BCUT2D eigenvalue weighted by Crippen LogP contribution is 2.35. The Balaban J connectivity index is 1.32. The molecule has 2 aliphatic rings. The van der Waals surface area contributed by atoms with Crippen LogP contribution in [0.1, 0.15) is 27.4 Å². The van der Waals surface area contributed by atoms with Crippen molar-refractivity contribution >= 4 is 17.5 Å². The number of rotatable bonds is 4. The summed E-state index contributed by atoms with van der Waals surface area (Å²) in [6, 6.07) is 23.9. The van der Waals surface area contributed by atoms with Crippen molar-refractivity contribution in [2.24, 2.45) is 5.92 Å². The zero-order valence-corrected chi connectivity index (χ0v) is 19.9. The van der Waals surface area contributed by atoms with Gasteiger partial charge in [-0.2, -0.15) is 0 Å². The van der Waals surface area contributed by atoms with E-state index in [1.165, 1.54) is 35.5 Å². The number of aryl methyl sites for hydroxylation is 1. The predicted octanol–water partition coefficient (Wildman–Crippen LogP) is 4.34. The van der Waals surface area contributed by atoms with E-state index in [0.29, 0.717) is 31.7 Å². The summed E-state index contributed by atoms with van der Waals surface area (Å²) in [5.41, 5.74) is 3.97. The molecule has 0 bridgehead atoms.